The molecule has 0 aromatic heterocycles. The molecule has 206 valence electrons. The van der Waals surface area contributed by atoms with Crippen LogP contribution in [-0.2, 0) is 9.59 Å². The Balaban J connectivity index is 1.29. The van der Waals surface area contributed by atoms with E-state index in [1.54, 1.807) is 23.1 Å². The highest BCUT2D eigenvalue weighted by Gasteiger charge is 2.76. The fraction of sp³-hybridized carbons (Fsp3) is 0.500. The van der Waals surface area contributed by atoms with E-state index in [4.69, 9.17) is 11.5 Å². The number of hydrogen-bond donors (Lipinski definition) is 7. The van der Waals surface area contributed by atoms with Crippen molar-refractivity contribution in [1.29, 1.82) is 0 Å². The molecule has 39 heavy (non-hydrogen) atoms. The first-order valence-corrected chi connectivity index (χ1v) is 12.8. The summed E-state index contributed by atoms with van der Waals surface area (Å²) in [6.45, 7) is 0.915. The maximum absolute atomic E-state index is 13.4. The van der Waals surface area contributed by atoms with Gasteiger partial charge in [0.05, 0.1) is 24.2 Å². The number of hydrogen-bond acceptors (Lipinski definition) is 11. The number of aliphatic imine (C=N–C) groups is 1. The van der Waals surface area contributed by atoms with E-state index in [0.29, 0.717) is 13.1 Å². The van der Waals surface area contributed by atoms with E-state index in [1.165, 1.54) is 11.0 Å². The van der Waals surface area contributed by atoms with Crippen LogP contribution in [0.1, 0.15) is 40.0 Å². The second-order valence-corrected chi connectivity index (χ2v) is 10.4. The Kier molecular flexibility index (Phi) is 5.55. The molecule has 3 saturated heterocycles. The van der Waals surface area contributed by atoms with Crippen molar-refractivity contribution in [1.82, 2.24) is 25.3 Å². The number of carbonyl (C=O) groups is 4. The highest BCUT2D eigenvalue weighted by Crippen LogP contribution is 2.41. The number of carbonyl (C=O) groups excluding carboxylic acids is 4. The smallest absolute Gasteiger partial charge is 0.343 e. The molecule has 0 radical (unpaired) electrons. The van der Waals surface area contributed by atoms with Crippen molar-refractivity contribution in [2.45, 2.75) is 48.8 Å². The van der Waals surface area contributed by atoms with Gasteiger partial charge in [-0.1, -0.05) is 12.1 Å². The Morgan fingerprint density at radius 1 is 1.13 bits per heavy atom. The largest absolute Gasteiger partial charge is 0.370 e. The van der Waals surface area contributed by atoms with E-state index in [0.717, 1.165) is 11.3 Å². The zero-order valence-corrected chi connectivity index (χ0v) is 21.0. The Morgan fingerprint density at radius 3 is 2.44 bits per heavy atom. The number of guanidine groups is 2. The topological polar surface area (TPSA) is 221 Å². The van der Waals surface area contributed by atoms with Crippen LogP contribution in [-0.4, -0.2) is 116 Å². The third kappa shape index (κ3) is 3.56. The third-order valence-electron chi connectivity index (χ3n) is 8.26. The zero-order chi connectivity index (χ0) is 27.7. The van der Waals surface area contributed by atoms with Gasteiger partial charge in [0, 0.05) is 25.9 Å². The van der Waals surface area contributed by atoms with E-state index >= 15 is 0 Å². The van der Waals surface area contributed by atoms with Gasteiger partial charge in [-0.05, 0) is 18.6 Å². The van der Waals surface area contributed by atoms with Gasteiger partial charge in [-0.25, -0.2) is 10.3 Å². The lowest BCUT2D eigenvalue weighted by Crippen LogP contribution is -2.90. The summed E-state index contributed by atoms with van der Waals surface area (Å²) in [5, 5.41) is 28.8. The molecular weight excluding hydrogens is 510 g/mol. The fourth-order valence-corrected chi connectivity index (χ4v) is 6.13. The van der Waals surface area contributed by atoms with Crippen LogP contribution in [0.5, 0.6) is 0 Å². The highest BCUT2D eigenvalue weighted by atomic mass is 16.5. The van der Waals surface area contributed by atoms with E-state index in [-0.39, 0.29) is 66.7 Å². The maximum atomic E-state index is 13.4. The van der Waals surface area contributed by atoms with E-state index in [2.05, 4.69) is 20.6 Å². The summed E-state index contributed by atoms with van der Waals surface area (Å²) in [5.41, 5.74) is 10.8. The minimum absolute atomic E-state index is 0.00363. The number of benzene rings is 1. The summed E-state index contributed by atoms with van der Waals surface area (Å²) < 4.78 is 0. The van der Waals surface area contributed by atoms with Crippen LogP contribution in [0.2, 0.25) is 0 Å². The van der Waals surface area contributed by atoms with Crippen LogP contribution in [0.3, 0.4) is 0 Å². The molecule has 4 amide bonds. The molecule has 5 heterocycles. The number of amides is 4. The molecule has 9 N–H and O–H groups in total. The van der Waals surface area contributed by atoms with Crippen molar-refractivity contribution in [2.24, 2.45) is 16.5 Å². The summed E-state index contributed by atoms with van der Waals surface area (Å²) in [4.78, 5) is 62.4. The highest BCUT2D eigenvalue weighted by molar-refractivity contribution is 6.07. The van der Waals surface area contributed by atoms with E-state index in [1.807, 2.05) is 0 Å². The molecule has 6 rings (SSSR count). The predicted molar refractivity (Wildman–Crippen MR) is 133 cm³/mol. The number of nitrogens with zero attached hydrogens (tertiary/aromatic N) is 4. The first-order chi connectivity index (χ1) is 18.5. The van der Waals surface area contributed by atoms with Crippen LogP contribution in [0.4, 0.5) is 0 Å². The van der Waals surface area contributed by atoms with Crippen LogP contribution < -0.4 is 27.1 Å². The molecule has 0 saturated carbocycles. The molecular formula is C24H30N9O6+. The van der Waals surface area contributed by atoms with Gasteiger partial charge in [0.25, 0.3) is 17.5 Å². The Hall–Kier alpha value is -4.24. The third-order valence-corrected chi connectivity index (χ3v) is 8.26. The van der Waals surface area contributed by atoms with Gasteiger partial charge >= 0.3 is 5.96 Å². The van der Waals surface area contributed by atoms with Crippen LogP contribution >= 0.6 is 0 Å². The van der Waals surface area contributed by atoms with Crippen molar-refractivity contribution in [3.63, 3.8) is 0 Å². The normalized spacial score (nSPS) is 30.7. The van der Waals surface area contributed by atoms with E-state index < -0.39 is 35.5 Å². The van der Waals surface area contributed by atoms with Gasteiger partial charge in [0.15, 0.2) is 12.0 Å². The van der Waals surface area contributed by atoms with Crippen molar-refractivity contribution < 1.29 is 34.4 Å². The molecule has 15 nitrogen and oxygen atoms in total. The van der Waals surface area contributed by atoms with Crippen molar-refractivity contribution >= 4 is 35.5 Å². The van der Waals surface area contributed by atoms with Gasteiger partial charge in [0.2, 0.25) is 17.6 Å². The number of nitrogens with one attached hydrogen (secondary N) is 3. The van der Waals surface area contributed by atoms with Gasteiger partial charge in [0.1, 0.15) is 12.1 Å². The molecule has 0 bridgehead atoms. The minimum atomic E-state index is -2.67. The molecule has 1 aromatic carbocycles. The van der Waals surface area contributed by atoms with Gasteiger partial charge in [-0.3, -0.25) is 39.7 Å². The van der Waals surface area contributed by atoms with Crippen molar-refractivity contribution in [2.75, 3.05) is 26.2 Å². The molecule has 0 aliphatic carbocycles. The number of aliphatic hydroxyl groups is 2. The summed E-state index contributed by atoms with van der Waals surface area (Å²) in [6.07, 6.45) is 1.07. The Labute approximate surface area is 222 Å². The number of likely N-dealkylation sites (tertiary alicyclic amines) is 2. The molecule has 1 aromatic rings. The summed E-state index contributed by atoms with van der Waals surface area (Å²) >= 11 is 0. The molecule has 2 unspecified atom stereocenters. The zero-order valence-electron chi connectivity index (χ0n) is 21.0. The minimum Gasteiger partial charge on any atom is -0.370 e. The van der Waals surface area contributed by atoms with Crippen LogP contribution in [0, 0.1) is 0 Å². The lowest BCUT2D eigenvalue weighted by atomic mass is 9.84. The van der Waals surface area contributed by atoms with Gasteiger partial charge in [-0.2, -0.15) is 0 Å². The number of nitrogens with two attached hydrogens (primary N) is 2. The fourth-order valence-electron chi connectivity index (χ4n) is 6.13. The summed E-state index contributed by atoms with van der Waals surface area (Å²) in [7, 11) is 0. The quantitative estimate of drug-likeness (QED) is 0.139. The van der Waals surface area contributed by atoms with Gasteiger partial charge < -0.3 is 26.2 Å². The lowest BCUT2D eigenvalue weighted by molar-refractivity contribution is -0.521. The average molecular weight is 541 g/mol. The van der Waals surface area contributed by atoms with Crippen LogP contribution in [0.15, 0.2) is 29.3 Å². The molecule has 5 aliphatic heterocycles. The van der Waals surface area contributed by atoms with E-state index in [9.17, 15) is 29.4 Å². The average Bonchev–Trinajstić information content (AvgIpc) is 3.46. The molecule has 3 fully saturated rings. The molecule has 15 heteroatoms. The Bertz CT molecular complexity index is 1320. The first kappa shape index (κ1) is 25.1. The Morgan fingerprint density at radius 2 is 1.79 bits per heavy atom. The maximum Gasteiger partial charge on any atom is 0.343 e. The number of imide groups is 1. The molecule has 5 aliphatic rings. The van der Waals surface area contributed by atoms with Crippen molar-refractivity contribution in [3.8, 4) is 0 Å². The SMILES string of the molecule is NC1=N[C@@H](CN2C(=O)CCC2=O)[C@@H]2[NH+]=C(N)NC23N1CC(NC(=O)c1ccccc1C(=O)N1CCC1)C3(O)O. The predicted octanol–water partition coefficient (Wildman–Crippen LogP) is -5.46. The standard InChI is InChI=1S/C24H29N9O6/c25-21-29-18-14(10-32-16(34)6-7-17(32)35)27-22(26)33-11-15(24(38,39)23(18,33)30-21)28-19(36)12-4-1-2-5-13(12)20(37)31-8-3-9-31/h1-2,4-5,14-15,18,38-39H,3,6-11H2,(H2,26,27)(H,28,36)(H3,25,29,30)/p+1/t14-,15?,18-,23?/m0/s1. The van der Waals surface area contributed by atoms with Gasteiger partial charge in [-0.15, -0.1) is 0 Å². The summed E-state index contributed by atoms with van der Waals surface area (Å²) in [5.74, 6) is -4.40. The monoisotopic (exact) mass is 540 g/mol. The summed E-state index contributed by atoms with van der Waals surface area (Å²) in [6, 6.07) is 3.22. The number of rotatable bonds is 5. The van der Waals surface area contributed by atoms with Crippen molar-refractivity contribution in [3.05, 3.63) is 35.4 Å². The molecule has 1 spiro atoms. The second kappa shape index (κ2) is 8.64. The molecule has 4 atom stereocenters. The first-order valence-electron chi connectivity index (χ1n) is 12.8. The lowest BCUT2D eigenvalue weighted by Gasteiger charge is -2.46. The van der Waals surface area contributed by atoms with Crippen LogP contribution in [0.25, 0.3) is 0 Å². The second-order valence-electron chi connectivity index (χ2n) is 10.4.